The van der Waals surface area contributed by atoms with Crippen molar-refractivity contribution in [3.63, 3.8) is 0 Å². The predicted octanol–water partition coefficient (Wildman–Crippen LogP) is 4.12. The normalized spacial score (nSPS) is 13.0. The quantitative estimate of drug-likeness (QED) is 0.531. The Balaban J connectivity index is 2.18. The fourth-order valence-corrected chi connectivity index (χ4v) is 3.93. The van der Waals surface area contributed by atoms with E-state index >= 15 is 0 Å². The van der Waals surface area contributed by atoms with Crippen LogP contribution in [-0.2, 0) is 27.9 Å². The first kappa shape index (κ1) is 23.1. The van der Waals surface area contributed by atoms with Gasteiger partial charge < -0.3 is 10.1 Å². The maximum atomic E-state index is 12.3. The molecule has 0 radical (unpaired) electrons. The third-order valence-corrected chi connectivity index (χ3v) is 5.21. The Bertz CT molecular complexity index is 918. The van der Waals surface area contributed by atoms with Crippen molar-refractivity contribution in [3.8, 4) is 0 Å². The molecule has 8 nitrogen and oxygen atoms in total. The van der Waals surface area contributed by atoms with E-state index < -0.39 is 22.0 Å². The second kappa shape index (κ2) is 9.55. The Morgan fingerprint density at radius 3 is 2.48 bits per heavy atom. The number of amides is 1. The van der Waals surface area contributed by atoms with E-state index in [1.165, 1.54) is 23.5 Å². The number of rotatable bonds is 8. The maximum Gasteiger partial charge on any atom is 0.408 e. The minimum absolute atomic E-state index is 0.243. The molecule has 0 aliphatic rings. The van der Waals surface area contributed by atoms with Gasteiger partial charge in [0.1, 0.15) is 10.6 Å². The van der Waals surface area contributed by atoms with Gasteiger partial charge >= 0.3 is 16.4 Å². The summed E-state index contributed by atoms with van der Waals surface area (Å²) in [6.45, 7) is 7.47. The number of carbonyl (C=O) groups excluding carboxylic acids is 1. The molecule has 3 N–H and O–H groups in total. The highest BCUT2D eigenvalue weighted by Crippen LogP contribution is 2.24. The zero-order valence-corrected chi connectivity index (χ0v) is 18.6. The molecule has 1 aromatic carbocycles. The summed E-state index contributed by atoms with van der Waals surface area (Å²) in [5, 5.41) is 5.65. The Hall–Kier alpha value is -2.17. The molecule has 0 saturated carbocycles. The number of ether oxygens (including phenoxy) is 1. The molecule has 0 fully saturated rings. The zero-order valence-electron chi connectivity index (χ0n) is 16.9. The van der Waals surface area contributed by atoms with Crippen LogP contribution in [0.3, 0.4) is 0 Å². The number of nitrogens with one attached hydrogen (secondary N) is 2. The number of benzene rings is 1. The van der Waals surface area contributed by atoms with E-state index in [1.807, 2.05) is 10.1 Å². The van der Waals surface area contributed by atoms with Crippen LogP contribution in [0.15, 0.2) is 29.6 Å². The first-order chi connectivity index (χ1) is 13.4. The molecule has 29 heavy (non-hydrogen) atoms. The molecule has 1 aromatic heterocycles. The van der Waals surface area contributed by atoms with Gasteiger partial charge in [-0.3, -0.25) is 9.27 Å². The van der Waals surface area contributed by atoms with Gasteiger partial charge in [0.2, 0.25) is 0 Å². The summed E-state index contributed by atoms with van der Waals surface area (Å²) in [7, 11) is -4.32. The van der Waals surface area contributed by atoms with E-state index in [9.17, 15) is 13.2 Å². The first-order valence-corrected chi connectivity index (χ1v) is 11.5. The molecule has 10 heteroatoms. The van der Waals surface area contributed by atoms with Crippen LogP contribution in [0.2, 0.25) is 0 Å². The highest BCUT2D eigenvalue weighted by molar-refractivity contribution is 7.87. The van der Waals surface area contributed by atoms with Gasteiger partial charge in [0.15, 0.2) is 0 Å². The lowest BCUT2D eigenvalue weighted by Gasteiger charge is -2.23. The molecule has 160 valence electrons. The van der Waals surface area contributed by atoms with Crippen LogP contribution >= 0.6 is 11.3 Å². The van der Waals surface area contributed by atoms with E-state index in [-0.39, 0.29) is 11.7 Å². The van der Waals surface area contributed by atoms with E-state index in [2.05, 4.69) is 17.2 Å². The second-order valence-electron chi connectivity index (χ2n) is 7.60. The molecule has 1 atom stereocenters. The molecule has 1 heterocycles. The lowest BCUT2D eigenvalue weighted by Crippen LogP contribution is -2.35. The number of thiazole rings is 1. The molecule has 0 aliphatic carbocycles. The number of anilines is 1. The van der Waals surface area contributed by atoms with Gasteiger partial charge in [-0.2, -0.15) is 8.42 Å². The molecule has 2 rings (SSSR count). The summed E-state index contributed by atoms with van der Waals surface area (Å²) in [6.07, 6.45) is 1.77. The van der Waals surface area contributed by atoms with Crippen LogP contribution in [0.25, 0.3) is 0 Å². The topological polar surface area (TPSA) is 118 Å². The Kier molecular flexibility index (Phi) is 7.61. The summed E-state index contributed by atoms with van der Waals surface area (Å²) in [5.41, 5.74) is 1.47. The summed E-state index contributed by atoms with van der Waals surface area (Å²) >= 11 is 1.48. The second-order valence-corrected chi connectivity index (χ2v) is 9.65. The van der Waals surface area contributed by atoms with Crippen LogP contribution in [0, 0.1) is 0 Å². The fraction of sp³-hybridized carbons (Fsp3) is 0.474. The molecule has 1 unspecified atom stereocenters. The highest BCUT2D eigenvalue weighted by Gasteiger charge is 2.23. The number of hydrogen-bond acceptors (Lipinski definition) is 6. The number of aryl methyl sites for hydroxylation is 1. The van der Waals surface area contributed by atoms with Gasteiger partial charge in [0, 0.05) is 5.38 Å². The minimum Gasteiger partial charge on any atom is -0.444 e. The number of nitrogens with zero attached hydrogens (tertiary/aromatic N) is 1. The van der Waals surface area contributed by atoms with Gasteiger partial charge in [-0.25, -0.2) is 9.78 Å². The van der Waals surface area contributed by atoms with Crippen molar-refractivity contribution in [1.82, 2.24) is 10.3 Å². The van der Waals surface area contributed by atoms with Crippen molar-refractivity contribution in [3.05, 3.63) is 45.9 Å². The van der Waals surface area contributed by atoms with Crippen LogP contribution in [-0.4, -0.2) is 29.6 Å². The standard InChI is InChI=1S/C19H27N3O5S2/c1-5-6-15-12-28-17(20-15)16(21-18(23)27-19(2,3)4)11-13-7-9-14(10-8-13)22-29(24,25)26/h7-10,12,16,22H,5-6,11H2,1-4H3,(H,21,23)(H,24,25,26). The zero-order chi connectivity index (χ0) is 21.7. The van der Waals surface area contributed by atoms with Gasteiger partial charge in [0.25, 0.3) is 0 Å². The average molecular weight is 442 g/mol. The number of carbonyl (C=O) groups is 1. The SMILES string of the molecule is CCCc1csc(C(Cc2ccc(NS(=O)(=O)O)cc2)NC(=O)OC(C)(C)C)n1. The van der Waals surface area contributed by atoms with Crippen LogP contribution in [0.5, 0.6) is 0 Å². The summed E-state index contributed by atoms with van der Waals surface area (Å²) in [6, 6.07) is 6.13. The number of hydrogen-bond donors (Lipinski definition) is 3. The van der Waals surface area contributed by atoms with Crippen LogP contribution in [0.4, 0.5) is 10.5 Å². The highest BCUT2D eigenvalue weighted by atomic mass is 32.2. The molecule has 0 aliphatic heterocycles. The van der Waals surface area contributed by atoms with Crippen molar-refractivity contribution in [1.29, 1.82) is 0 Å². The molecular weight excluding hydrogens is 414 g/mol. The Morgan fingerprint density at radius 2 is 1.93 bits per heavy atom. The average Bonchev–Trinajstić information content (AvgIpc) is 3.02. The maximum absolute atomic E-state index is 12.3. The number of alkyl carbamates (subject to hydrolysis) is 1. The summed E-state index contributed by atoms with van der Waals surface area (Å²) in [5.74, 6) is 0. The fourth-order valence-electron chi connectivity index (χ4n) is 2.60. The third-order valence-electron chi connectivity index (χ3n) is 3.71. The lowest BCUT2D eigenvalue weighted by molar-refractivity contribution is 0.0503. The van der Waals surface area contributed by atoms with Gasteiger partial charge in [-0.05, 0) is 51.3 Å². The van der Waals surface area contributed by atoms with E-state index in [0.29, 0.717) is 6.42 Å². The molecule has 0 saturated heterocycles. The van der Waals surface area contributed by atoms with Gasteiger partial charge in [-0.1, -0.05) is 25.5 Å². The van der Waals surface area contributed by atoms with E-state index in [1.54, 1.807) is 32.9 Å². The predicted molar refractivity (Wildman–Crippen MR) is 114 cm³/mol. The first-order valence-electron chi connectivity index (χ1n) is 9.23. The largest absolute Gasteiger partial charge is 0.444 e. The van der Waals surface area contributed by atoms with E-state index in [4.69, 9.17) is 9.29 Å². The smallest absolute Gasteiger partial charge is 0.408 e. The van der Waals surface area contributed by atoms with Crippen LogP contribution in [0.1, 0.15) is 56.4 Å². The number of aromatic nitrogens is 1. The van der Waals surface area contributed by atoms with Gasteiger partial charge in [0.05, 0.1) is 17.4 Å². The van der Waals surface area contributed by atoms with Crippen molar-refractivity contribution < 1.29 is 22.5 Å². The van der Waals surface area contributed by atoms with Crippen molar-refractivity contribution >= 4 is 33.4 Å². The summed E-state index contributed by atoms with van der Waals surface area (Å²) < 4.78 is 38.1. The van der Waals surface area contributed by atoms with Crippen LogP contribution < -0.4 is 10.0 Å². The van der Waals surface area contributed by atoms with Crippen molar-refractivity contribution in [2.75, 3.05) is 4.72 Å². The Morgan fingerprint density at radius 1 is 1.28 bits per heavy atom. The van der Waals surface area contributed by atoms with E-state index in [0.717, 1.165) is 29.1 Å². The Labute approximate surface area is 175 Å². The monoisotopic (exact) mass is 441 g/mol. The van der Waals surface area contributed by atoms with Gasteiger partial charge in [-0.15, -0.1) is 11.3 Å². The lowest BCUT2D eigenvalue weighted by atomic mass is 10.1. The molecule has 0 bridgehead atoms. The minimum atomic E-state index is -4.32. The molecule has 1 amide bonds. The molecular formula is C19H27N3O5S2. The molecule has 2 aromatic rings. The third kappa shape index (κ3) is 8.38. The van der Waals surface area contributed by atoms with Crippen molar-refractivity contribution in [2.24, 2.45) is 0 Å². The van der Waals surface area contributed by atoms with Crippen molar-refractivity contribution in [2.45, 2.75) is 58.6 Å². The summed E-state index contributed by atoms with van der Waals surface area (Å²) in [4.78, 5) is 17.0. The molecule has 0 spiro atoms.